The Morgan fingerprint density at radius 1 is 1.53 bits per heavy atom. The second-order valence-corrected chi connectivity index (χ2v) is 4.34. The van der Waals surface area contributed by atoms with Gasteiger partial charge in [0.1, 0.15) is 0 Å². The smallest absolute Gasteiger partial charge is 0.253 e. The van der Waals surface area contributed by atoms with Crippen molar-refractivity contribution in [1.29, 1.82) is 0 Å². The molecule has 5 nitrogen and oxygen atoms in total. The monoisotopic (exact) mass is 226 g/mol. The summed E-state index contributed by atoms with van der Waals surface area (Å²) < 4.78 is 14.8. The topological polar surface area (TPSA) is 78.8 Å². The van der Waals surface area contributed by atoms with E-state index in [-0.39, 0.29) is 5.91 Å². The largest absolute Gasteiger partial charge is 0.369 e. The number of hydrogen-bond donors (Lipinski definition) is 3. The molecule has 15 heavy (non-hydrogen) atoms. The number of thiol groups is 1. The molecule has 0 spiro atoms. The van der Waals surface area contributed by atoms with Crippen molar-refractivity contribution in [3.8, 4) is 0 Å². The molecule has 2 unspecified atom stereocenters. The first kappa shape index (κ1) is 10.1. The molecule has 1 aromatic carbocycles. The zero-order chi connectivity index (χ0) is 11.0. The maximum Gasteiger partial charge on any atom is 0.253 e. The first-order valence-electron chi connectivity index (χ1n) is 4.33. The first-order chi connectivity index (χ1) is 7.08. The molecule has 1 aliphatic rings. The van der Waals surface area contributed by atoms with Crippen LogP contribution in [0.4, 0.5) is 5.69 Å². The molecule has 0 bridgehead atoms. The van der Waals surface area contributed by atoms with E-state index in [2.05, 4.69) is 9.68 Å². The van der Waals surface area contributed by atoms with Crippen molar-refractivity contribution < 1.29 is 14.1 Å². The summed E-state index contributed by atoms with van der Waals surface area (Å²) in [5.41, 5.74) is 1.43. The molecule has 80 valence electrons. The van der Waals surface area contributed by atoms with Gasteiger partial charge in [0.2, 0.25) is 0 Å². The minimum absolute atomic E-state index is 0.301. The zero-order valence-electron chi connectivity index (χ0n) is 7.97. The second-order valence-electron chi connectivity index (χ2n) is 3.21. The summed E-state index contributed by atoms with van der Waals surface area (Å²) in [4.78, 5) is 11.3. The summed E-state index contributed by atoms with van der Waals surface area (Å²) in [5, 5.41) is 11.8. The maximum absolute atomic E-state index is 11.3. The molecule has 1 heterocycles. The highest BCUT2D eigenvalue weighted by atomic mass is 32.2. The average molecular weight is 226 g/mol. The van der Waals surface area contributed by atoms with E-state index in [4.69, 9.17) is 0 Å². The lowest BCUT2D eigenvalue weighted by Gasteiger charge is -2.02. The Balaban J connectivity index is 2.52. The predicted molar refractivity (Wildman–Crippen MR) is 56.4 cm³/mol. The minimum Gasteiger partial charge on any atom is -0.369 e. The molecule has 0 fully saturated rings. The molecule has 2 rings (SSSR count). The van der Waals surface area contributed by atoms with Gasteiger partial charge in [-0.1, -0.05) is 0 Å². The summed E-state index contributed by atoms with van der Waals surface area (Å²) in [6.07, 6.45) is 0.500. The number of nitrogens with one attached hydrogen (secondary N) is 1. The maximum atomic E-state index is 11.3. The molecule has 0 aliphatic carbocycles. The fourth-order valence-corrected chi connectivity index (χ4v) is 1.94. The number of carbonyl (C=O) groups excluding carboxylic acids is 1. The Hall–Kier alpha value is -1.40. The van der Waals surface area contributed by atoms with Crippen molar-refractivity contribution in [2.75, 3.05) is 6.26 Å². The standard InChI is InChI=1S/C9H10N2O3S/c1-15(14)11-5-2-3-6-7(4-5)9(13)10-8(6)12/h2-4,9,13,15H,1H3,(H,10,12). The number of nitrogens with zero attached hydrogens (tertiary/aromatic N) is 1. The lowest BCUT2D eigenvalue weighted by Crippen LogP contribution is -2.17. The number of aliphatic hydroxyl groups is 1. The first-order valence-corrected chi connectivity index (χ1v) is 5.99. The third-order valence-corrected chi connectivity index (χ3v) is 2.61. The summed E-state index contributed by atoms with van der Waals surface area (Å²) in [6.45, 7) is 0. The Morgan fingerprint density at radius 3 is 2.93 bits per heavy atom. The summed E-state index contributed by atoms with van der Waals surface area (Å²) in [7, 11) is -1.62. The van der Waals surface area contributed by atoms with Crippen molar-refractivity contribution in [1.82, 2.24) is 5.32 Å². The number of amides is 1. The number of benzene rings is 1. The summed E-state index contributed by atoms with van der Waals surface area (Å²) in [6, 6.07) is 4.74. The van der Waals surface area contributed by atoms with Gasteiger partial charge in [0.25, 0.3) is 5.91 Å². The van der Waals surface area contributed by atoms with Gasteiger partial charge in [-0.2, -0.15) is 0 Å². The minimum atomic E-state index is -1.62. The highest BCUT2D eigenvalue weighted by Crippen LogP contribution is 2.27. The van der Waals surface area contributed by atoms with Gasteiger partial charge in [-0.15, -0.1) is 0 Å². The molecular formula is C9H10N2O3S. The number of aliphatic hydroxyl groups excluding tert-OH is 1. The fraction of sp³-hybridized carbons (Fsp3) is 0.222. The normalized spacial score (nSPS) is 21.2. The van der Waals surface area contributed by atoms with Crippen molar-refractivity contribution in [2.24, 2.45) is 4.36 Å². The van der Waals surface area contributed by atoms with E-state index >= 15 is 0 Å². The average Bonchev–Trinajstić information content (AvgIpc) is 2.41. The number of fused-ring (bicyclic) bond motifs is 1. The SMILES string of the molecule is C/[SH](=O)=N/c1ccc2c(c1)C(O)NC2=O. The van der Waals surface area contributed by atoms with E-state index in [9.17, 15) is 14.1 Å². The lowest BCUT2D eigenvalue weighted by atomic mass is 10.1. The van der Waals surface area contributed by atoms with Crippen molar-refractivity contribution in [2.45, 2.75) is 6.23 Å². The van der Waals surface area contributed by atoms with E-state index in [1.807, 2.05) is 0 Å². The van der Waals surface area contributed by atoms with E-state index in [0.29, 0.717) is 16.8 Å². The van der Waals surface area contributed by atoms with Crippen LogP contribution in [0.15, 0.2) is 22.6 Å². The Labute approximate surface area is 88.3 Å². The van der Waals surface area contributed by atoms with E-state index < -0.39 is 16.8 Å². The van der Waals surface area contributed by atoms with Crippen LogP contribution >= 0.6 is 0 Å². The molecule has 1 aromatic rings. The second kappa shape index (κ2) is 3.63. The van der Waals surface area contributed by atoms with E-state index in [0.717, 1.165) is 0 Å². The van der Waals surface area contributed by atoms with Gasteiger partial charge in [-0.05, 0) is 18.2 Å². The van der Waals surface area contributed by atoms with Crippen LogP contribution in [0.2, 0.25) is 0 Å². The molecule has 2 N–H and O–H groups in total. The summed E-state index contributed by atoms with van der Waals surface area (Å²) >= 11 is 0. The third kappa shape index (κ3) is 1.86. The summed E-state index contributed by atoms with van der Waals surface area (Å²) in [5.74, 6) is -0.301. The number of rotatable bonds is 1. The van der Waals surface area contributed by atoms with Crippen LogP contribution in [-0.4, -0.2) is 21.5 Å². The zero-order valence-corrected chi connectivity index (χ0v) is 8.86. The van der Waals surface area contributed by atoms with Crippen LogP contribution in [0, 0.1) is 0 Å². The third-order valence-electron chi connectivity index (χ3n) is 2.10. The molecule has 0 saturated heterocycles. The molecule has 1 amide bonds. The number of carbonyl (C=O) groups is 1. The molecule has 2 atom stereocenters. The Kier molecular flexibility index (Phi) is 2.45. The van der Waals surface area contributed by atoms with Gasteiger partial charge >= 0.3 is 0 Å². The molecule has 0 radical (unpaired) electrons. The van der Waals surface area contributed by atoms with Crippen LogP contribution in [0.5, 0.6) is 0 Å². The molecule has 0 aromatic heterocycles. The van der Waals surface area contributed by atoms with E-state index in [1.165, 1.54) is 6.26 Å². The van der Waals surface area contributed by atoms with Gasteiger partial charge in [0.05, 0.1) is 5.69 Å². The molecule has 6 heteroatoms. The number of hydrogen-bond acceptors (Lipinski definition) is 4. The highest BCUT2D eigenvalue weighted by Gasteiger charge is 2.26. The Bertz CT molecular complexity index is 506. The van der Waals surface area contributed by atoms with Crippen LogP contribution in [-0.2, 0) is 10.6 Å². The quantitative estimate of drug-likeness (QED) is 0.604. The Morgan fingerprint density at radius 2 is 2.27 bits per heavy atom. The molecular weight excluding hydrogens is 216 g/mol. The van der Waals surface area contributed by atoms with Crippen LogP contribution in [0.3, 0.4) is 0 Å². The van der Waals surface area contributed by atoms with Gasteiger partial charge in [0, 0.05) is 28.0 Å². The van der Waals surface area contributed by atoms with Crippen LogP contribution in [0.25, 0.3) is 0 Å². The highest BCUT2D eigenvalue weighted by molar-refractivity contribution is 7.74. The van der Waals surface area contributed by atoms with Crippen molar-refractivity contribution in [3.05, 3.63) is 29.3 Å². The van der Waals surface area contributed by atoms with Gasteiger partial charge in [-0.3, -0.25) is 9.00 Å². The van der Waals surface area contributed by atoms with Gasteiger partial charge < -0.3 is 10.4 Å². The lowest BCUT2D eigenvalue weighted by molar-refractivity contribution is 0.0850. The van der Waals surface area contributed by atoms with E-state index in [1.54, 1.807) is 18.2 Å². The van der Waals surface area contributed by atoms with Gasteiger partial charge in [0.15, 0.2) is 6.23 Å². The predicted octanol–water partition coefficient (Wildman–Crippen LogP) is 0.347. The van der Waals surface area contributed by atoms with Gasteiger partial charge in [-0.25, -0.2) is 4.36 Å². The van der Waals surface area contributed by atoms with Crippen molar-refractivity contribution in [3.63, 3.8) is 0 Å². The van der Waals surface area contributed by atoms with Crippen LogP contribution < -0.4 is 5.32 Å². The van der Waals surface area contributed by atoms with Crippen LogP contribution in [0.1, 0.15) is 22.1 Å². The van der Waals surface area contributed by atoms with Crippen molar-refractivity contribution >= 4 is 22.2 Å². The molecule has 0 saturated carbocycles. The molecule has 1 aliphatic heterocycles. The fourth-order valence-electron chi connectivity index (χ4n) is 1.49.